The topological polar surface area (TPSA) is 58.6 Å². The van der Waals surface area contributed by atoms with Crippen LogP contribution in [0.15, 0.2) is 60.7 Å². The van der Waals surface area contributed by atoms with E-state index in [0.29, 0.717) is 26.1 Å². The fourth-order valence-corrected chi connectivity index (χ4v) is 3.34. The summed E-state index contributed by atoms with van der Waals surface area (Å²) in [6.07, 6.45) is 1.30. The molecule has 1 amide bonds. The minimum atomic E-state index is -0.596. The van der Waals surface area contributed by atoms with Crippen molar-refractivity contribution >= 4 is 5.91 Å². The third kappa shape index (κ3) is 3.35. The molecule has 1 atom stereocenters. The zero-order valence-electron chi connectivity index (χ0n) is 13.7. The Hall–Kier alpha value is -2.17. The summed E-state index contributed by atoms with van der Waals surface area (Å²) in [4.78, 5) is 13.2. The first-order chi connectivity index (χ1) is 11.8. The van der Waals surface area contributed by atoms with Gasteiger partial charge in [0, 0.05) is 13.2 Å². The summed E-state index contributed by atoms with van der Waals surface area (Å²) in [5.41, 5.74) is 1.32. The maximum atomic E-state index is 13.2. The Bertz CT molecular complexity index is 651. The van der Waals surface area contributed by atoms with Gasteiger partial charge in [0.15, 0.2) is 0 Å². The van der Waals surface area contributed by atoms with E-state index in [1.165, 1.54) is 0 Å². The Balaban J connectivity index is 1.86. The van der Waals surface area contributed by atoms with Crippen molar-refractivity contribution in [1.82, 2.24) is 5.32 Å². The van der Waals surface area contributed by atoms with Crippen molar-refractivity contribution in [2.75, 3.05) is 19.8 Å². The molecule has 4 nitrogen and oxygen atoms in total. The minimum Gasteiger partial charge on any atom is -0.394 e. The lowest BCUT2D eigenvalue weighted by molar-refractivity contribution is -0.131. The Morgan fingerprint density at radius 1 is 1.04 bits per heavy atom. The smallest absolute Gasteiger partial charge is 0.231 e. The molecular weight excluding hydrogens is 302 g/mol. The normalized spacial score (nSPS) is 17.9. The van der Waals surface area contributed by atoms with Gasteiger partial charge >= 0.3 is 0 Å². The standard InChI is InChI=1S/C20H23NO3/c22-15-18(16-7-3-1-4-8-16)21-19(23)20(11-13-24-14-12-20)17-9-5-2-6-10-17/h1-10,18,22H,11-15H2,(H,21,23)/t18-/m1/s1. The Kier molecular flexibility index (Phi) is 5.28. The van der Waals surface area contributed by atoms with Crippen LogP contribution in [0.2, 0.25) is 0 Å². The molecule has 2 N–H and O–H groups in total. The van der Waals surface area contributed by atoms with Crippen LogP contribution in [0.4, 0.5) is 0 Å². The lowest BCUT2D eigenvalue weighted by Crippen LogP contribution is -2.49. The maximum Gasteiger partial charge on any atom is 0.231 e. The van der Waals surface area contributed by atoms with Crippen molar-refractivity contribution in [2.45, 2.75) is 24.3 Å². The largest absolute Gasteiger partial charge is 0.394 e. The van der Waals surface area contributed by atoms with Crippen LogP contribution >= 0.6 is 0 Å². The average molecular weight is 325 g/mol. The highest BCUT2D eigenvalue weighted by atomic mass is 16.5. The molecule has 2 aromatic rings. The van der Waals surface area contributed by atoms with Crippen LogP contribution in [-0.2, 0) is 14.9 Å². The van der Waals surface area contributed by atoms with Crippen molar-refractivity contribution < 1.29 is 14.6 Å². The number of ether oxygens (including phenoxy) is 1. The fraction of sp³-hybridized carbons (Fsp3) is 0.350. The van der Waals surface area contributed by atoms with Gasteiger partial charge in [-0.2, -0.15) is 0 Å². The summed E-state index contributed by atoms with van der Waals surface area (Å²) in [5, 5.41) is 12.8. The molecule has 1 heterocycles. The first-order valence-electron chi connectivity index (χ1n) is 8.36. The second-order valence-corrected chi connectivity index (χ2v) is 6.18. The summed E-state index contributed by atoms with van der Waals surface area (Å²) in [7, 11) is 0. The molecule has 0 bridgehead atoms. The van der Waals surface area contributed by atoms with Crippen molar-refractivity contribution in [3.8, 4) is 0 Å². The van der Waals surface area contributed by atoms with Gasteiger partial charge in [0.25, 0.3) is 0 Å². The van der Waals surface area contributed by atoms with Gasteiger partial charge in [-0.05, 0) is 24.0 Å². The average Bonchev–Trinajstić information content (AvgIpc) is 2.67. The van der Waals surface area contributed by atoms with Crippen LogP contribution in [0, 0.1) is 0 Å². The molecule has 1 fully saturated rings. The molecule has 0 radical (unpaired) electrons. The molecule has 0 aromatic heterocycles. The molecule has 2 aromatic carbocycles. The van der Waals surface area contributed by atoms with Gasteiger partial charge in [0.1, 0.15) is 0 Å². The Morgan fingerprint density at radius 2 is 1.62 bits per heavy atom. The number of aliphatic hydroxyl groups is 1. The molecule has 1 aliphatic heterocycles. The molecule has 4 heteroatoms. The van der Waals surface area contributed by atoms with E-state index in [0.717, 1.165) is 11.1 Å². The van der Waals surface area contributed by atoms with Crippen molar-refractivity contribution in [3.05, 3.63) is 71.8 Å². The summed E-state index contributed by atoms with van der Waals surface area (Å²) in [6.45, 7) is 1.01. The van der Waals surface area contributed by atoms with Crippen LogP contribution in [0.1, 0.15) is 30.0 Å². The third-order valence-corrected chi connectivity index (χ3v) is 4.80. The Morgan fingerprint density at radius 3 is 2.21 bits per heavy atom. The second-order valence-electron chi connectivity index (χ2n) is 6.18. The number of amides is 1. The molecular formula is C20H23NO3. The van der Waals surface area contributed by atoms with E-state index >= 15 is 0 Å². The third-order valence-electron chi connectivity index (χ3n) is 4.80. The van der Waals surface area contributed by atoms with Crippen molar-refractivity contribution in [2.24, 2.45) is 0 Å². The van der Waals surface area contributed by atoms with Crippen LogP contribution in [0.5, 0.6) is 0 Å². The highest BCUT2D eigenvalue weighted by Gasteiger charge is 2.42. The summed E-state index contributed by atoms with van der Waals surface area (Å²) < 4.78 is 5.48. The lowest BCUT2D eigenvalue weighted by Gasteiger charge is -2.37. The molecule has 0 spiro atoms. The number of hydrogen-bond acceptors (Lipinski definition) is 3. The second kappa shape index (κ2) is 7.60. The van der Waals surface area contributed by atoms with E-state index in [2.05, 4.69) is 5.32 Å². The van der Waals surface area contributed by atoms with E-state index in [9.17, 15) is 9.90 Å². The van der Waals surface area contributed by atoms with E-state index in [1.54, 1.807) is 0 Å². The number of hydrogen-bond donors (Lipinski definition) is 2. The van der Waals surface area contributed by atoms with E-state index < -0.39 is 11.5 Å². The molecule has 24 heavy (non-hydrogen) atoms. The van der Waals surface area contributed by atoms with Gasteiger partial charge in [0.2, 0.25) is 5.91 Å². The van der Waals surface area contributed by atoms with Gasteiger partial charge in [0.05, 0.1) is 18.1 Å². The monoisotopic (exact) mass is 325 g/mol. The zero-order chi connectivity index (χ0) is 16.8. The number of nitrogens with one attached hydrogen (secondary N) is 1. The molecule has 1 saturated heterocycles. The quantitative estimate of drug-likeness (QED) is 0.888. The van der Waals surface area contributed by atoms with Crippen molar-refractivity contribution in [3.63, 3.8) is 0 Å². The highest BCUT2D eigenvalue weighted by Crippen LogP contribution is 2.35. The molecule has 1 aliphatic rings. The van der Waals surface area contributed by atoms with Crippen LogP contribution in [-0.4, -0.2) is 30.8 Å². The zero-order valence-corrected chi connectivity index (χ0v) is 13.7. The fourth-order valence-electron chi connectivity index (χ4n) is 3.34. The number of rotatable bonds is 5. The van der Waals surface area contributed by atoms with Gasteiger partial charge in [-0.25, -0.2) is 0 Å². The highest BCUT2D eigenvalue weighted by molar-refractivity contribution is 5.88. The predicted octanol–water partition coefficient (Wildman–Crippen LogP) is 2.58. The molecule has 3 rings (SSSR count). The number of benzene rings is 2. The predicted molar refractivity (Wildman–Crippen MR) is 92.6 cm³/mol. The first kappa shape index (κ1) is 16.7. The van der Waals surface area contributed by atoms with Gasteiger partial charge in [-0.3, -0.25) is 4.79 Å². The van der Waals surface area contributed by atoms with Crippen LogP contribution in [0.25, 0.3) is 0 Å². The lowest BCUT2D eigenvalue weighted by atomic mass is 9.73. The summed E-state index contributed by atoms with van der Waals surface area (Å²) >= 11 is 0. The van der Waals surface area contributed by atoms with Gasteiger partial charge in [-0.1, -0.05) is 60.7 Å². The van der Waals surface area contributed by atoms with Crippen LogP contribution in [0.3, 0.4) is 0 Å². The number of carbonyl (C=O) groups is 1. The maximum absolute atomic E-state index is 13.2. The molecule has 126 valence electrons. The first-order valence-corrected chi connectivity index (χ1v) is 8.36. The summed E-state index contributed by atoms with van der Waals surface area (Å²) in [5.74, 6) is -0.0418. The van der Waals surface area contributed by atoms with Crippen LogP contribution < -0.4 is 5.32 Å². The Labute approximate surface area is 142 Å². The minimum absolute atomic E-state index is 0.0418. The van der Waals surface area contributed by atoms with Gasteiger partial charge < -0.3 is 15.2 Å². The SMILES string of the molecule is O=C(N[C@H](CO)c1ccccc1)C1(c2ccccc2)CCOCC1. The molecule has 0 unspecified atom stereocenters. The molecule has 0 aliphatic carbocycles. The van der Waals surface area contributed by atoms with Crippen molar-refractivity contribution in [1.29, 1.82) is 0 Å². The van der Waals surface area contributed by atoms with E-state index in [-0.39, 0.29) is 12.5 Å². The number of aliphatic hydroxyl groups excluding tert-OH is 1. The summed E-state index contributed by atoms with van der Waals surface area (Å²) in [6, 6.07) is 19.0. The van der Waals surface area contributed by atoms with Gasteiger partial charge in [-0.15, -0.1) is 0 Å². The van der Waals surface area contributed by atoms with E-state index in [4.69, 9.17) is 4.74 Å². The number of carbonyl (C=O) groups excluding carboxylic acids is 1. The van der Waals surface area contributed by atoms with E-state index in [1.807, 2.05) is 60.7 Å². The molecule has 0 saturated carbocycles.